The SMILES string of the molecule is CNC(C(=O)NCc1cccc(OCC(=O)N(C)C)c1)c1cnn(C)c1.Cl. The minimum absolute atomic E-state index is 0. The molecular formula is C18H26ClN5O3. The summed E-state index contributed by atoms with van der Waals surface area (Å²) in [5.74, 6) is 0.330. The lowest BCUT2D eigenvalue weighted by Gasteiger charge is -2.15. The Kier molecular flexibility index (Phi) is 8.77. The number of likely N-dealkylation sites (N-methyl/N-ethyl adjacent to an activating group) is 2. The fourth-order valence-corrected chi connectivity index (χ4v) is 2.35. The number of hydrogen-bond acceptors (Lipinski definition) is 5. The van der Waals surface area contributed by atoms with Gasteiger partial charge in [0, 0.05) is 39.4 Å². The van der Waals surface area contributed by atoms with Crippen molar-refractivity contribution < 1.29 is 14.3 Å². The van der Waals surface area contributed by atoms with E-state index in [1.54, 1.807) is 51.3 Å². The standard InChI is InChI=1S/C18H25N5O3.ClH/c1-19-17(14-10-21-23(4)11-14)18(25)20-9-13-6-5-7-15(8-13)26-12-16(24)22(2)3;/h5-8,10-11,17,19H,9,12H2,1-4H3,(H,20,25);1H. The molecule has 8 nitrogen and oxygen atoms in total. The largest absolute Gasteiger partial charge is 0.484 e. The molecule has 2 amide bonds. The Hall–Kier alpha value is -2.58. The first-order chi connectivity index (χ1) is 12.4. The van der Waals surface area contributed by atoms with Crippen LogP contribution in [-0.4, -0.2) is 54.2 Å². The molecule has 0 bridgehead atoms. The molecule has 1 heterocycles. The molecule has 27 heavy (non-hydrogen) atoms. The Bertz CT molecular complexity index is 763. The molecule has 0 aliphatic heterocycles. The molecule has 148 valence electrons. The van der Waals surface area contributed by atoms with E-state index in [4.69, 9.17) is 4.74 Å². The predicted octanol–water partition coefficient (Wildman–Crippen LogP) is 0.886. The summed E-state index contributed by atoms with van der Waals surface area (Å²) in [6.45, 7) is 0.335. The lowest BCUT2D eigenvalue weighted by atomic mass is 10.1. The second kappa shape index (κ2) is 10.5. The van der Waals surface area contributed by atoms with Crippen molar-refractivity contribution in [3.63, 3.8) is 0 Å². The molecule has 0 saturated heterocycles. The molecule has 1 unspecified atom stereocenters. The third-order valence-electron chi connectivity index (χ3n) is 3.84. The van der Waals surface area contributed by atoms with Crippen LogP contribution in [-0.2, 0) is 23.2 Å². The molecule has 2 aromatic rings. The van der Waals surface area contributed by atoms with Crippen LogP contribution in [0.2, 0.25) is 0 Å². The second-order valence-corrected chi connectivity index (χ2v) is 6.11. The number of nitrogens with zero attached hydrogens (tertiary/aromatic N) is 3. The van der Waals surface area contributed by atoms with Crippen molar-refractivity contribution in [2.24, 2.45) is 7.05 Å². The van der Waals surface area contributed by atoms with Gasteiger partial charge >= 0.3 is 0 Å². The number of ether oxygens (including phenoxy) is 1. The highest BCUT2D eigenvalue weighted by molar-refractivity contribution is 5.85. The summed E-state index contributed by atoms with van der Waals surface area (Å²) in [5.41, 5.74) is 1.68. The Morgan fingerprint density at radius 2 is 2.07 bits per heavy atom. The lowest BCUT2D eigenvalue weighted by Crippen LogP contribution is -2.35. The molecular weight excluding hydrogens is 370 g/mol. The van der Waals surface area contributed by atoms with Crippen LogP contribution in [0.25, 0.3) is 0 Å². The molecule has 0 aliphatic rings. The van der Waals surface area contributed by atoms with E-state index in [1.165, 1.54) is 4.90 Å². The summed E-state index contributed by atoms with van der Waals surface area (Å²) in [4.78, 5) is 25.5. The number of aryl methyl sites for hydroxylation is 1. The van der Waals surface area contributed by atoms with Crippen LogP contribution >= 0.6 is 12.4 Å². The first-order valence-electron chi connectivity index (χ1n) is 8.26. The second-order valence-electron chi connectivity index (χ2n) is 6.11. The fraction of sp³-hybridized carbons (Fsp3) is 0.389. The minimum atomic E-state index is -0.471. The van der Waals surface area contributed by atoms with Gasteiger partial charge in [-0.3, -0.25) is 14.3 Å². The summed E-state index contributed by atoms with van der Waals surface area (Å²) in [5, 5.41) is 9.98. The Morgan fingerprint density at radius 3 is 2.67 bits per heavy atom. The van der Waals surface area contributed by atoms with Crippen LogP contribution in [0.1, 0.15) is 17.2 Å². The van der Waals surface area contributed by atoms with E-state index in [1.807, 2.05) is 18.2 Å². The number of halogens is 1. The number of aromatic nitrogens is 2. The van der Waals surface area contributed by atoms with Crippen LogP contribution < -0.4 is 15.4 Å². The molecule has 0 fully saturated rings. The summed E-state index contributed by atoms with van der Waals surface area (Å²) in [6.07, 6.45) is 3.47. The molecule has 0 aliphatic carbocycles. The van der Waals surface area contributed by atoms with Crippen LogP contribution in [0, 0.1) is 0 Å². The molecule has 0 radical (unpaired) electrons. The average molecular weight is 396 g/mol. The van der Waals surface area contributed by atoms with Gasteiger partial charge in [-0.05, 0) is 24.7 Å². The highest BCUT2D eigenvalue weighted by atomic mass is 35.5. The highest BCUT2D eigenvalue weighted by Gasteiger charge is 2.19. The topological polar surface area (TPSA) is 88.5 Å². The van der Waals surface area contributed by atoms with Crippen molar-refractivity contribution >= 4 is 24.2 Å². The zero-order valence-corrected chi connectivity index (χ0v) is 16.7. The Balaban J connectivity index is 0.00000364. The molecule has 2 N–H and O–H groups in total. The van der Waals surface area contributed by atoms with Gasteiger partial charge in [0.1, 0.15) is 11.8 Å². The molecule has 9 heteroatoms. The molecule has 1 aromatic heterocycles. The third kappa shape index (κ3) is 6.58. The number of benzene rings is 1. The van der Waals surface area contributed by atoms with E-state index in [-0.39, 0.29) is 30.8 Å². The van der Waals surface area contributed by atoms with Crippen molar-refractivity contribution in [2.75, 3.05) is 27.7 Å². The van der Waals surface area contributed by atoms with E-state index in [0.29, 0.717) is 12.3 Å². The van der Waals surface area contributed by atoms with Crippen molar-refractivity contribution in [2.45, 2.75) is 12.6 Å². The zero-order valence-electron chi connectivity index (χ0n) is 15.9. The van der Waals surface area contributed by atoms with Gasteiger partial charge in [0.25, 0.3) is 5.91 Å². The molecule has 1 atom stereocenters. The summed E-state index contributed by atoms with van der Waals surface area (Å²) in [6, 6.07) is 6.83. The summed E-state index contributed by atoms with van der Waals surface area (Å²) in [7, 11) is 6.89. The van der Waals surface area contributed by atoms with E-state index >= 15 is 0 Å². The van der Waals surface area contributed by atoms with Gasteiger partial charge in [-0.1, -0.05) is 12.1 Å². The molecule has 0 spiro atoms. The van der Waals surface area contributed by atoms with E-state index in [2.05, 4.69) is 15.7 Å². The van der Waals surface area contributed by atoms with Gasteiger partial charge in [0.05, 0.1) is 6.20 Å². The molecule has 2 rings (SSSR count). The average Bonchev–Trinajstić information content (AvgIpc) is 3.04. The number of hydrogen-bond donors (Lipinski definition) is 2. The summed E-state index contributed by atoms with van der Waals surface area (Å²) < 4.78 is 7.15. The van der Waals surface area contributed by atoms with E-state index in [0.717, 1.165) is 11.1 Å². The first-order valence-corrected chi connectivity index (χ1v) is 8.26. The van der Waals surface area contributed by atoms with Crippen LogP contribution in [0.4, 0.5) is 0 Å². The van der Waals surface area contributed by atoms with Gasteiger partial charge < -0.3 is 20.3 Å². The Morgan fingerprint density at radius 1 is 1.33 bits per heavy atom. The smallest absolute Gasteiger partial charge is 0.259 e. The quantitative estimate of drug-likeness (QED) is 0.693. The van der Waals surface area contributed by atoms with Gasteiger partial charge in [-0.25, -0.2) is 0 Å². The van der Waals surface area contributed by atoms with E-state index in [9.17, 15) is 9.59 Å². The number of amides is 2. The van der Waals surface area contributed by atoms with E-state index < -0.39 is 6.04 Å². The minimum Gasteiger partial charge on any atom is -0.484 e. The third-order valence-corrected chi connectivity index (χ3v) is 3.84. The normalized spacial score (nSPS) is 11.3. The fourth-order valence-electron chi connectivity index (χ4n) is 2.35. The lowest BCUT2D eigenvalue weighted by molar-refractivity contribution is -0.130. The van der Waals surface area contributed by atoms with Gasteiger partial charge in [0.2, 0.25) is 5.91 Å². The monoisotopic (exact) mass is 395 g/mol. The highest BCUT2D eigenvalue weighted by Crippen LogP contribution is 2.15. The molecule has 1 aromatic carbocycles. The van der Waals surface area contributed by atoms with Crippen LogP contribution in [0.15, 0.2) is 36.7 Å². The number of carbonyl (C=O) groups excluding carboxylic acids is 2. The van der Waals surface area contributed by atoms with Gasteiger partial charge in [-0.2, -0.15) is 5.10 Å². The molecule has 0 saturated carbocycles. The maximum absolute atomic E-state index is 12.4. The van der Waals surface area contributed by atoms with Crippen molar-refractivity contribution in [1.29, 1.82) is 0 Å². The zero-order chi connectivity index (χ0) is 19.1. The maximum atomic E-state index is 12.4. The summed E-state index contributed by atoms with van der Waals surface area (Å²) >= 11 is 0. The van der Waals surface area contributed by atoms with Crippen molar-refractivity contribution in [3.05, 3.63) is 47.8 Å². The Labute approximate surface area is 165 Å². The number of carbonyl (C=O) groups is 2. The maximum Gasteiger partial charge on any atom is 0.259 e. The first kappa shape index (κ1) is 22.5. The van der Waals surface area contributed by atoms with Crippen LogP contribution in [0.3, 0.4) is 0 Å². The predicted molar refractivity (Wildman–Crippen MR) is 105 cm³/mol. The van der Waals surface area contributed by atoms with Crippen LogP contribution in [0.5, 0.6) is 5.75 Å². The number of rotatable bonds is 8. The number of nitrogens with one attached hydrogen (secondary N) is 2. The van der Waals surface area contributed by atoms with Crippen molar-refractivity contribution in [1.82, 2.24) is 25.3 Å². The van der Waals surface area contributed by atoms with Gasteiger partial charge in [0.15, 0.2) is 6.61 Å². The van der Waals surface area contributed by atoms with Gasteiger partial charge in [-0.15, -0.1) is 12.4 Å². The van der Waals surface area contributed by atoms with Crippen molar-refractivity contribution in [3.8, 4) is 5.75 Å².